The van der Waals surface area contributed by atoms with E-state index >= 15 is 0 Å². The second-order valence-corrected chi connectivity index (χ2v) is 5.12. The molecule has 0 unspecified atom stereocenters. The van der Waals surface area contributed by atoms with Crippen LogP contribution in [0.4, 0.5) is 4.39 Å². The predicted octanol–water partition coefficient (Wildman–Crippen LogP) is 3.84. The predicted molar refractivity (Wildman–Crippen MR) is 54.2 cm³/mol. The quantitative estimate of drug-likeness (QED) is 0.690. The van der Waals surface area contributed by atoms with Crippen LogP contribution < -0.4 is 0 Å². The van der Waals surface area contributed by atoms with Gasteiger partial charge in [-0.2, -0.15) is 0 Å². The van der Waals surface area contributed by atoms with Gasteiger partial charge in [-0.25, -0.2) is 4.39 Å². The number of hydrogen-bond acceptors (Lipinski definition) is 0. The molecule has 12 heavy (non-hydrogen) atoms. The lowest BCUT2D eigenvalue weighted by Gasteiger charge is -2.00. The second-order valence-electron chi connectivity index (χ2n) is 3.02. The summed E-state index contributed by atoms with van der Waals surface area (Å²) in [7, 11) is 0. The molecule has 1 aromatic carbocycles. The fourth-order valence-corrected chi connectivity index (χ4v) is 2.31. The maximum atomic E-state index is 13.3. The molecular formula is C9H7Br2F. The van der Waals surface area contributed by atoms with Crippen molar-refractivity contribution >= 4 is 31.9 Å². The van der Waals surface area contributed by atoms with Crippen molar-refractivity contribution in [1.29, 1.82) is 0 Å². The molecule has 0 aromatic heterocycles. The van der Waals surface area contributed by atoms with Crippen molar-refractivity contribution in [3.63, 3.8) is 0 Å². The van der Waals surface area contributed by atoms with Crippen molar-refractivity contribution in [3.05, 3.63) is 34.1 Å². The molecule has 0 spiro atoms. The van der Waals surface area contributed by atoms with Crippen LogP contribution >= 0.6 is 31.9 Å². The van der Waals surface area contributed by atoms with Crippen LogP contribution in [0, 0.1) is 5.82 Å². The highest BCUT2D eigenvalue weighted by molar-refractivity contribution is 9.10. The molecule has 0 saturated heterocycles. The lowest BCUT2D eigenvalue weighted by atomic mass is 10.1. The van der Waals surface area contributed by atoms with E-state index in [-0.39, 0.29) is 5.82 Å². The Balaban J connectivity index is 2.33. The molecule has 3 heteroatoms. The van der Waals surface area contributed by atoms with Crippen LogP contribution in [0.15, 0.2) is 22.7 Å². The van der Waals surface area contributed by atoms with Gasteiger partial charge < -0.3 is 0 Å². The average molecular weight is 294 g/mol. The Bertz CT molecular complexity index is 311. The summed E-state index contributed by atoms with van der Waals surface area (Å²) in [6, 6.07) is 5.26. The Morgan fingerprint density at radius 2 is 2.08 bits per heavy atom. The van der Waals surface area contributed by atoms with Crippen LogP contribution in [-0.2, 0) is 0 Å². The fraction of sp³-hybridized carbons (Fsp3) is 0.333. The molecule has 2 rings (SSSR count). The molecule has 0 nitrogen and oxygen atoms in total. The monoisotopic (exact) mass is 292 g/mol. The third kappa shape index (κ3) is 1.57. The third-order valence-corrected chi connectivity index (χ3v) is 3.58. The summed E-state index contributed by atoms with van der Waals surface area (Å²) < 4.78 is 14.1. The molecule has 0 radical (unpaired) electrons. The van der Waals surface area contributed by atoms with E-state index in [0.717, 1.165) is 16.5 Å². The van der Waals surface area contributed by atoms with E-state index in [1.54, 1.807) is 0 Å². The Hall–Kier alpha value is 0.110. The minimum absolute atomic E-state index is 0.101. The molecule has 1 aliphatic carbocycles. The summed E-state index contributed by atoms with van der Waals surface area (Å²) >= 11 is 6.69. The first-order valence-electron chi connectivity index (χ1n) is 3.77. The lowest BCUT2D eigenvalue weighted by molar-refractivity contribution is 0.610. The van der Waals surface area contributed by atoms with Gasteiger partial charge in [-0.15, -0.1) is 0 Å². The van der Waals surface area contributed by atoms with E-state index in [4.69, 9.17) is 0 Å². The van der Waals surface area contributed by atoms with Gasteiger partial charge in [0.2, 0.25) is 0 Å². The SMILES string of the molecule is Fc1cc(Br)ccc1[C@@H]1C[C@H]1Br. The van der Waals surface area contributed by atoms with E-state index in [9.17, 15) is 4.39 Å². The first-order valence-corrected chi connectivity index (χ1v) is 5.48. The zero-order valence-electron chi connectivity index (χ0n) is 6.23. The molecule has 2 atom stereocenters. The summed E-state index contributed by atoms with van der Waals surface area (Å²) in [4.78, 5) is 0.480. The van der Waals surface area contributed by atoms with Gasteiger partial charge in [0.25, 0.3) is 0 Å². The Morgan fingerprint density at radius 3 is 2.58 bits per heavy atom. The topological polar surface area (TPSA) is 0 Å². The van der Waals surface area contributed by atoms with Gasteiger partial charge in [0.1, 0.15) is 5.82 Å². The van der Waals surface area contributed by atoms with Crippen LogP contribution in [0.1, 0.15) is 17.9 Å². The van der Waals surface area contributed by atoms with Crippen molar-refractivity contribution in [2.75, 3.05) is 0 Å². The molecule has 1 saturated carbocycles. The summed E-state index contributed by atoms with van der Waals surface area (Å²) in [5, 5.41) is 0. The fourth-order valence-electron chi connectivity index (χ4n) is 1.29. The molecule has 1 aliphatic rings. The average Bonchev–Trinajstić information content (AvgIpc) is 2.66. The van der Waals surface area contributed by atoms with Crippen LogP contribution in [-0.4, -0.2) is 4.83 Å². The Kier molecular flexibility index (Phi) is 2.25. The van der Waals surface area contributed by atoms with Gasteiger partial charge in [-0.05, 0) is 24.1 Å². The van der Waals surface area contributed by atoms with Gasteiger partial charge in [-0.3, -0.25) is 0 Å². The molecule has 0 amide bonds. The Labute approximate surface area is 87.4 Å². The first kappa shape index (κ1) is 8.70. The summed E-state index contributed by atoms with van der Waals surface area (Å²) in [6.45, 7) is 0. The number of alkyl halides is 1. The van der Waals surface area contributed by atoms with Crippen molar-refractivity contribution in [3.8, 4) is 0 Å². The molecule has 0 aliphatic heterocycles. The molecule has 1 aromatic rings. The van der Waals surface area contributed by atoms with Crippen molar-refractivity contribution in [1.82, 2.24) is 0 Å². The van der Waals surface area contributed by atoms with Gasteiger partial charge >= 0.3 is 0 Å². The number of halogens is 3. The maximum absolute atomic E-state index is 13.3. The van der Waals surface area contributed by atoms with Crippen molar-refractivity contribution in [2.45, 2.75) is 17.2 Å². The molecular weight excluding hydrogens is 287 g/mol. The number of rotatable bonds is 1. The molecule has 1 fully saturated rings. The van der Waals surface area contributed by atoms with E-state index in [0.29, 0.717) is 10.7 Å². The van der Waals surface area contributed by atoms with Crippen LogP contribution in [0.3, 0.4) is 0 Å². The summed E-state index contributed by atoms with van der Waals surface area (Å²) in [5.41, 5.74) is 0.833. The highest BCUT2D eigenvalue weighted by Crippen LogP contribution is 2.47. The van der Waals surface area contributed by atoms with E-state index in [1.165, 1.54) is 6.07 Å². The van der Waals surface area contributed by atoms with Crippen LogP contribution in [0.2, 0.25) is 0 Å². The molecule has 0 N–H and O–H groups in total. The molecule has 0 heterocycles. The van der Waals surface area contributed by atoms with Gasteiger partial charge in [0, 0.05) is 15.2 Å². The summed E-state index contributed by atoms with van der Waals surface area (Å²) in [6.07, 6.45) is 1.05. The highest BCUT2D eigenvalue weighted by atomic mass is 79.9. The summed E-state index contributed by atoms with van der Waals surface area (Å²) in [5.74, 6) is 0.287. The minimum atomic E-state index is -0.101. The largest absolute Gasteiger partial charge is 0.207 e. The van der Waals surface area contributed by atoms with Crippen molar-refractivity contribution < 1.29 is 4.39 Å². The zero-order valence-corrected chi connectivity index (χ0v) is 9.40. The van der Waals surface area contributed by atoms with Crippen molar-refractivity contribution in [2.24, 2.45) is 0 Å². The Morgan fingerprint density at radius 1 is 1.42 bits per heavy atom. The smallest absolute Gasteiger partial charge is 0.127 e. The number of benzene rings is 1. The van der Waals surface area contributed by atoms with E-state index < -0.39 is 0 Å². The van der Waals surface area contributed by atoms with Gasteiger partial charge in [0.15, 0.2) is 0 Å². The molecule has 0 bridgehead atoms. The third-order valence-electron chi connectivity index (χ3n) is 2.07. The lowest BCUT2D eigenvalue weighted by Crippen LogP contribution is -1.87. The van der Waals surface area contributed by atoms with E-state index in [1.807, 2.05) is 12.1 Å². The normalized spacial score (nSPS) is 27.2. The van der Waals surface area contributed by atoms with Crippen LogP contribution in [0.5, 0.6) is 0 Å². The second kappa shape index (κ2) is 3.11. The number of hydrogen-bond donors (Lipinski definition) is 0. The molecule has 64 valence electrons. The zero-order chi connectivity index (χ0) is 8.72. The standard InChI is InChI=1S/C9H7Br2F/c10-5-1-2-6(9(12)3-5)7-4-8(7)11/h1-3,7-8H,4H2/t7-,8+/m0/s1. The maximum Gasteiger partial charge on any atom is 0.127 e. The van der Waals surface area contributed by atoms with Gasteiger partial charge in [0.05, 0.1) is 0 Å². The first-order chi connectivity index (χ1) is 5.68. The van der Waals surface area contributed by atoms with Crippen LogP contribution in [0.25, 0.3) is 0 Å². The minimum Gasteiger partial charge on any atom is -0.207 e. The highest BCUT2D eigenvalue weighted by Gasteiger charge is 2.37. The van der Waals surface area contributed by atoms with Gasteiger partial charge in [-0.1, -0.05) is 37.9 Å². The van der Waals surface area contributed by atoms with E-state index in [2.05, 4.69) is 31.9 Å².